The first kappa shape index (κ1) is 21.7. The molecule has 0 bridgehead atoms. The first-order chi connectivity index (χ1) is 15.0. The van der Waals surface area contributed by atoms with Gasteiger partial charge in [0, 0.05) is 18.8 Å². The quantitative estimate of drug-likeness (QED) is 0.591. The van der Waals surface area contributed by atoms with Crippen LogP contribution in [-0.4, -0.2) is 30.1 Å². The number of nitriles is 1. The van der Waals surface area contributed by atoms with E-state index in [0.717, 1.165) is 5.56 Å². The van der Waals surface area contributed by atoms with Crippen molar-refractivity contribution in [3.05, 3.63) is 81.1 Å². The predicted octanol–water partition coefficient (Wildman–Crippen LogP) is 3.74. The van der Waals surface area contributed by atoms with Crippen molar-refractivity contribution in [3.63, 3.8) is 0 Å². The third-order valence-corrected chi connectivity index (χ3v) is 5.03. The van der Waals surface area contributed by atoms with E-state index < -0.39 is 5.56 Å². The van der Waals surface area contributed by atoms with Gasteiger partial charge in [-0.3, -0.25) is 14.4 Å². The van der Waals surface area contributed by atoms with E-state index in [4.69, 9.17) is 9.47 Å². The van der Waals surface area contributed by atoms with E-state index in [9.17, 15) is 15.2 Å². The lowest BCUT2D eigenvalue weighted by Gasteiger charge is -2.14. The number of hydrogen-bond donors (Lipinski definition) is 1. The molecule has 0 radical (unpaired) electrons. The minimum Gasteiger partial charge on any atom is -0.497 e. The Labute approximate surface area is 180 Å². The van der Waals surface area contributed by atoms with Gasteiger partial charge < -0.3 is 14.6 Å². The van der Waals surface area contributed by atoms with Crippen LogP contribution in [0.3, 0.4) is 0 Å². The zero-order valence-corrected chi connectivity index (χ0v) is 17.6. The van der Waals surface area contributed by atoms with Crippen molar-refractivity contribution in [2.24, 2.45) is 4.99 Å². The number of methoxy groups -OCH3 is 2. The lowest BCUT2D eigenvalue weighted by Crippen LogP contribution is -2.26. The molecule has 2 aromatic carbocycles. The monoisotopic (exact) mass is 417 g/mol. The molecule has 0 unspecified atom stereocenters. The summed E-state index contributed by atoms with van der Waals surface area (Å²) in [5, 5.41) is 20.4. The van der Waals surface area contributed by atoms with Gasteiger partial charge in [0.1, 0.15) is 28.8 Å². The maximum absolute atomic E-state index is 12.8. The third kappa shape index (κ3) is 4.59. The van der Waals surface area contributed by atoms with E-state index in [1.54, 1.807) is 32.2 Å². The molecule has 0 saturated carbocycles. The minimum absolute atomic E-state index is 0.0232. The second kappa shape index (κ2) is 9.63. The van der Waals surface area contributed by atoms with E-state index in [-0.39, 0.29) is 18.0 Å². The summed E-state index contributed by atoms with van der Waals surface area (Å²) >= 11 is 0. The van der Waals surface area contributed by atoms with Crippen molar-refractivity contribution >= 4 is 11.9 Å². The Morgan fingerprint density at radius 2 is 1.90 bits per heavy atom. The van der Waals surface area contributed by atoms with E-state index in [0.29, 0.717) is 34.7 Å². The molecule has 1 N–H and O–H groups in total. The Morgan fingerprint density at radius 3 is 2.55 bits per heavy atom. The Morgan fingerprint density at radius 1 is 1.16 bits per heavy atom. The number of hydrogen-bond acceptors (Lipinski definition) is 6. The number of aromatic hydroxyl groups is 1. The summed E-state index contributed by atoms with van der Waals surface area (Å²) in [5.41, 5.74) is 1.63. The van der Waals surface area contributed by atoms with Crippen molar-refractivity contribution in [2.75, 3.05) is 14.2 Å². The molecule has 0 fully saturated rings. The summed E-state index contributed by atoms with van der Waals surface area (Å²) in [5.74, 6) is 0.884. The topological polar surface area (TPSA) is 96.8 Å². The highest BCUT2D eigenvalue weighted by Crippen LogP contribution is 2.32. The summed E-state index contributed by atoms with van der Waals surface area (Å²) in [6.45, 7) is 1.85. The van der Waals surface area contributed by atoms with Crippen LogP contribution in [0.4, 0.5) is 5.69 Å². The van der Waals surface area contributed by atoms with Crippen molar-refractivity contribution in [1.29, 1.82) is 5.26 Å². The molecule has 7 nitrogen and oxygen atoms in total. The van der Waals surface area contributed by atoms with Crippen molar-refractivity contribution in [3.8, 4) is 23.4 Å². The largest absolute Gasteiger partial charge is 0.497 e. The molecule has 0 spiro atoms. The summed E-state index contributed by atoms with van der Waals surface area (Å²) in [4.78, 5) is 17.2. The Hall–Kier alpha value is -4.05. The van der Waals surface area contributed by atoms with Gasteiger partial charge in [-0.25, -0.2) is 0 Å². The van der Waals surface area contributed by atoms with E-state index in [2.05, 4.69) is 4.99 Å². The summed E-state index contributed by atoms with van der Waals surface area (Å²) in [7, 11) is 3.08. The SMILES string of the molecule is COc1ccc(OC)c(N=Cc2c(C)c(C#N)c(=O)n(CCc3ccccc3)c2O)c1. The Kier molecular flexibility index (Phi) is 6.73. The minimum atomic E-state index is -0.524. The number of pyridine rings is 1. The molecule has 0 saturated heterocycles. The Balaban J connectivity index is 2.05. The normalized spacial score (nSPS) is 10.8. The molecule has 0 aliphatic carbocycles. The van der Waals surface area contributed by atoms with E-state index in [1.807, 2.05) is 36.4 Å². The average molecular weight is 417 g/mol. The number of ether oxygens (including phenoxy) is 2. The standard InChI is InChI=1S/C24H23N3O4/c1-16-19(14-25)23(28)27(12-11-17-7-5-4-6-8-17)24(29)20(16)15-26-21-13-18(30-2)9-10-22(21)31-3/h4-10,13,15,29H,11-12H2,1-3H3. The van der Waals surface area contributed by atoms with Gasteiger partial charge in [0.2, 0.25) is 5.88 Å². The zero-order chi connectivity index (χ0) is 22.4. The van der Waals surface area contributed by atoms with Crippen molar-refractivity contribution in [1.82, 2.24) is 4.57 Å². The van der Waals surface area contributed by atoms with Crippen LogP contribution in [0.25, 0.3) is 0 Å². The smallest absolute Gasteiger partial charge is 0.271 e. The van der Waals surface area contributed by atoms with Crippen LogP contribution < -0.4 is 15.0 Å². The number of nitrogens with zero attached hydrogens (tertiary/aromatic N) is 3. The molecule has 1 heterocycles. The Bertz CT molecular complexity index is 1210. The number of aliphatic imine (C=N–C) groups is 1. The second-order valence-corrected chi connectivity index (χ2v) is 6.84. The van der Waals surface area contributed by atoms with Crippen LogP contribution in [0, 0.1) is 18.3 Å². The van der Waals surface area contributed by atoms with Crippen LogP contribution in [0.2, 0.25) is 0 Å². The van der Waals surface area contributed by atoms with E-state index >= 15 is 0 Å². The molecule has 0 amide bonds. The van der Waals surface area contributed by atoms with Crippen molar-refractivity contribution < 1.29 is 14.6 Å². The van der Waals surface area contributed by atoms with Crippen LogP contribution in [-0.2, 0) is 13.0 Å². The third-order valence-electron chi connectivity index (χ3n) is 5.03. The highest BCUT2D eigenvalue weighted by molar-refractivity contribution is 5.88. The molecular weight excluding hydrogens is 394 g/mol. The van der Waals surface area contributed by atoms with Crippen LogP contribution in [0.5, 0.6) is 17.4 Å². The first-order valence-electron chi connectivity index (χ1n) is 9.66. The molecule has 0 aliphatic heterocycles. The van der Waals surface area contributed by atoms with Gasteiger partial charge in [-0.15, -0.1) is 0 Å². The van der Waals surface area contributed by atoms with Crippen molar-refractivity contribution in [2.45, 2.75) is 19.9 Å². The summed E-state index contributed by atoms with van der Waals surface area (Å²) in [6, 6.07) is 16.7. The fraction of sp³-hybridized carbons (Fsp3) is 0.208. The highest BCUT2D eigenvalue weighted by Gasteiger charge is 2.18. The van der Waals surface area contributed by atoms with Crippen LogP contribution in [0.15, 0.2) is 58.3 Å². The molecule has 31 heavy (non-hydrogen) atoms. The fourth-order valence-electron chi connectivity index (χ4n) is 3.25. The average Bonchev–Trinajstić information content (AvgIpc) is 2.79. The first-order valence-corrected chi connectivity index (χ1v) is 9.66. The van der Waals surface area contributed by atoms with Gasteiger partial charge >= 0.3 is 0 Å². The number of aryl methyl sites for hydroxylation is 1. The summed E-state index contributed by atoms with van der Waals surface area (Å²) in [6.07, 6.45) is 1.96. The number of aromatic nitrogens is 1. The molecule has 0 atom stereocenters. The number of benzene rings is 2. The van der Waals surface area contributed by atoms with Crippen LogP contribution in [0.1, 0.15) is 22.3 Å². The molecule has 0 aliphatic rings. The maximum Gasteiger partial charge on any atom is 0.271 e. The molecule has 3 rings (SSSR count). The van der Waals surface area contributed by atoms with Crippen LogP contribution >= 0.6 is 0 Å². The maximum atomic E-state index is 12.8. The molecule has 3 aromatic rings. The molecule has 7 heteroatoms. The lowest BCUT2D eigenvalue weighted by molar-refractivity contribution is 0.403. The van der Waals surface area contributed by atoms with Gasteiger partial charge in [0.25, 0.3) is 5.56 Å². The molecule has 1 aromatic heterocycles. The summed E-state index contributed by atoms with van der Waals surface area (Å²) < 4.78 is 11.8. The van der Waals surface area contributed by atoms with Gasteiger partial charge in [-0.1, -0.05) is 30.3 Å². The van der Waals surface area contributed by atoms with E-state index in [1.165, 1.54) is 17.9 Å². The lowest BCUT2D eigenvalue weighted by atomic mass is 10.1. The highest BCUT2D eigenvalue weighted by atomic mass is 16.5. The predicted molar refractivity (Wildman–Crippen MR) is 119 cm³/mol. The zero-order valence-electron chi connectivity index (χ0n) is 17.6. The molecule has 158 valence electrons. The van der Waals surface area contributed by atoms with Gasteiger partial charge in [-0.2, -0.15) is 5.26 Å². The fourth-order valence-corrected chi connectivity index (χ4v) is 3.25. The number of rotatable bonds is 7. The van der Waals surface area contributed by atoms with Gasteiger partial charge in [-0.05, 0) is 36.6 Å². The van der Waals surface area contributed by atoms with Gasteiger partial charge in [0.15, 0.2) is 0 Å². The second-order valence-electron chi connectivity index (χ2n) is 6.84. The molecular formula is C24H23N3O4. The van der Waals surface area contributed by atoms with Gasteiger partial charge in [0.05, 0.1) is 19.8 Å².